The summed E-state index contributed by atoms with van der Waals surface area (Å²) in [6.45, 7) is 10.6. The molecule has 0 spiro atoms. The fourth-order valence-electron chi connectivity index (χ4n) is 3.42. The van der Waals surface area contributed by atoms with Gasteiger partial charge in [-0.1, -0.05) is 0 Å². The average molecular weight is 261 g/mol. The van der Waals surface area contributed by atoms with E-state index in [1.165, 1.54) is 56.7 Å². The summed E-state index contributed by atoms with van der Waals surface area (Å²) in [5, 5.41) is 3.42. The molecule has 1 N–H and O–H groups in total. The Morgan fingerprint density at radius 3 is 2.63 bits per heavy atom. The Kier molecular flexibility index (Phi) is 3.94. The van der Waals surface area contributed by atoms with Crippen molar-refractivity contribution in [2.24, 2.45) is 0 Å². The first kappa shape index (κ1) is 13.2. The van der Waals surface area contributed by atoms with E-state index in [-0.39, 0.29) is 0 Å². The summed E-state index contributed by atoms with van der Waals surface area (Å²) in [6, 6.07) is 3.24. The van der Waals surface area contributed by atoms with Gasteiger partial charge in [-0.2, -0.15) is 0 Å². The van der Waals surface area contributed by atoms with Crippen LogP contribution in [0.5, 0.6) is 0 Å². The first-order valence-electron chi connectivity index (χ1n) is 7.86. The van der Waals surface area contributed by atoms with Gasteiger partial charge < -0.3 is 14.8 Å². The molecule has 0 radical (unpaired) electrons. The molecule has 3 heteroatoms. The van der Waals surface area contributed by atoms with Crippen molar-refractivity contribution in [3.63, 3.8) is 0 Å². The highest BCUT2D eigenvalue weighted by molar-refractivity contribution is 5.28. The molecule has 0 amide bonds. The molecule has 0 unspecified atom stereocenters. The Bertz CT molecular complexity index is 425. The minimum atomic E-state index is 0.821. The molecule has 1 saturated carbocycles. The summed E-state index contributed by atoms with van der Waals surface area (Å²) in [6.07, 6.45) is 5.32. The Balaban J connectivity index is 1.53. The highest BCUT2D eigenvalue weighted by atomic mass is 15.2. The molecule has 1 aliphatic heterocycles. The number of nitrogens with one attached hydrogen (secondary N) is 1. The van der Waals surface area contributed by atoms with E-state index >= 15 is 0 Å². The third-order valence-corrected chi connectivity index (χ3v) is 4.63. The van der Waals surface area contributed by atoms with Crippen LogP contribution in [0, 0.1) is 13.8 Å². The van der Waals surface area contributed by atoms with Gasteiger partial charge in [0.2, 0.25) is 0 Å². The lowest BCUT2D eigenvalue weighted by atomic mass is 10.1. The van der Waals surface area contributed by atoms with Crippen LogP contribution in [0.4, 0.5) is 0 Å². The van der Waals surface area contributed by atoms with Gasteiger partial charge in [0.1, 0.15) is 0 Å². The Labute approximate surface area is 117 Å². The van der Waals surface area contributed by atoms with E-state index in [1.54, 1.807) is 5.56 Å². The third-order valence-electron chi connectivity index (χ3n) is 4.63. The van der Waals surface area contributed by atoms with E-state index in [2.05, 4.69) is 34.7 Å². The molecule has 3 rings (SSSR count). The van der Waals surface area contributed by atoms with Crippen LogP contribution >= 0.6 is 0 Å². The normalized spacial score (nSPS) is 20.9. The van der Waals surface area contributed by atoms with E-state index in [9.17, 15) is 0 Å². The fourth-order valence-corrected chi connectivity index (χ4v) is 3.42. The maximum atomic E-state index is 3.42. The number of rotatable bonds is 5. The number of aryl methyl sites for hydroxylation is 2. The van der Waals surface area contributed by atoms with E-state index in [0.717, 1.165) is 19.1 Å². The van der Waals surface area contributed by atoms with E-state index in [0.29, 0.717) is 0 Å². The molecule has 106 valence electrons. The smallest absolute Gasteiger partial charge is 0.0337 e. The van der Waals surface area contributed by atoms with Crippen molar-refractivity contribution in [3.05, 3.63) is 23.0 Å². The topological polar surface area (TPSA) is 20.2 Å². The zero-order chi connectivity index (χ0) is 13.2. The van der Waals surface area contributed by atoms with Crippen molar-refractivity contribution in [1.82, 2.24) is 14.8 Å². The second kappa shape index (κ2) is 5.68. The van der Waals surface area contributed by atoms with Crippen LogP contribution in [-0.4, -0.2) is 42.2 Å². The molecule has 2 aliphatic rings. The lowest BCUT2D eigenvalue weighted by Crippen LogP contribution is -2.43. The molecule has 1 aliphatic carbocycles. The quantitative estimate of drug-likeness (QED) is 0.877. The monoisotopic (exact) mass is 261 g/mol. The molecule has 1 saturated heterocycles. The number of piperazine rings is 1. The Morgan fingerprint density at radius 2 is 1.95 bits per heavy atom. The van der Waals surface area contributed by atoms with Crippen molar-refractivity contribution in [2.45, 2.75) is 45.6 Å². The maximum Gasteiger partial charge on any atom is 0.0337 e. The van der Waals surface area contributed by atoms with Crippen LogP contribution in [-0.2, 0) is 6.42 Å². The second-order valence-corrected chi connectivity index (χ2v) is 6.19. The van der Waals surface area contributed by atoms with Gasteiger partial charge in [0, 0.05) is 43.6 Å². The van der Waals surface area contributed by atoms with Crippen LogP contribution in [0.3, 0.4) is 0 Å². The van der Waals surface area contributed by atoms with E-state index < -0.39 is 0 Å². The molecular weight excluding hydrogens is 234 g/mol. The first-order chi connectivity index (χ1) is 9.25. The average Bonchev–Trinajstić information content (AvgIpc) is 3.19. The molecular formula is C16H27N3. The largest absolute Gasteiger partial charge is 0.346 e. The van der Waals surface area contributed by atoms with Crippen LogP contribution in [0.2, 0.25) is 0 Å². The molecule has 1 aromatic rings. The molecule has 0 aromatic carbocycles. The number of hydrogen-bond acceptors (Lipinski definition) is 2. The van der Waals surface area contributed by atoms with E-state index in [4.69, 9.17) is 0 Å². The van der Waals surface area contributed by atoms with Gasteiger partial charge in [0.05, 0.1) is 0 Å². The van der Waals surface area contributed by atoms with Crippen molar-refractivity contribution < 1.29 is 0 Å². The van der Waals surface area contributed by atoms with Gasteiger partial charge >= 0.3 is 0 Å². The second-order valence-electron chi connectivity index (χ2n) is 6.19. The minimum absolute atomic E-state index is 0.821. The van der Waals surface area contributed by atoms with Crippen LogP contribution < -0.4 is 5.32 Å². The highest BCUT2D eigenvalue weighted by Crippen LogP contribution is 2.38. The third kappa shape index (κ3) is 3.03. The van der Waals surface area contributed by atoms with Crippen molar-refractivity contribution in [1.29, 1.82) is 0 Å². The summed E-state index contributed by atoms with van der Waals surface area (Å²) in [5.74, 6) is 0. The van der Waals surface area contributed by atoms with Gasteiger partial charge in [0.15, 0.2) is 0 Å². The molecule has 3 nitrogen and oxygen atoms in total. The zero-order valence-electron chi connectivity index (χ0n) is 12.4. The van der Waals surface area contributed by atoms with Crippen LogP contribution in [0.15, 0.2) is 6.07 Å². The van der Waals surface area contributed by atoms with Crippen molar-refractivity contribution in [2.75, 3.05) is 32.7 Å². The SMILES string of the molecule is Cc1cc(CCCN2CCNCC2)c(C)n1C1CC1. The molecule has 2 heterocycles. The predicted molar refractivity (Wildman–Crippen MR) is 79.8 cm³/mol. The zero-order valence-corrected chi connectivity index (χ0v) is 12.4. The van der Waals surface area contributed by atoms with Crippen molar-refractivity contribution >= 4 is 0 Å². The molecule has 2 fully saturated rings. The molecule has 0 bridgehead atoms. The first-order valence-corrected chi connectivity index (χ1v) is 7.86. The lowest BCUT2D eigenvalue weighted by molar-refractivity contribution is 0.238. The summed E-state index contributed by atoms with van der Waals surface area (Å²) < 4.78 is 2.57. The highest BCUT2D eigenvalue weighted by Gasteiger charge is 2.26. The lowest BCUT2D eigenvalue weighted by Gasteiger charge is -2.27. The van der Waals surface area contributed by atoms with Gasteiger partial charge in [-0.3, -0.25) is 0 Å². The van der Waals surface area contributed by atoms with Gasteiger partial charge in [-0.05, 0) is 57.7 Å². The van der Waals surface area contributed by atoms with E-state index in [1.807, 2.05) is 0 Å². The number of aromatic nitrogens is 1. The predicted octanol–water partition coefficient (Wildman–Crippen LogP) is 2.28. The maximum absolute atomic E-state index is 3.42. The fraction of sp³-hybridized carbons (Fsp3) is 0.750. The molecule has 1 aromatic heterocycles. The Morgan fingerprint density at radius 1 is 1.21 bits per heavy atom. The van der Waals surface area contributed by atoms with Gasteiger partial charge in [0.25, 0.3) is 0 Å². The number of hydrogen-bond donors (Lipinski definition) is 1. The minimum Gasteiger partial charge on any atom is -0.346 e. The molecule has 0 atom stereocenters. The summed E-state index contributed by atoms with van der Waals surface area (Å²) in [7, 11) is 0. The summed E-state index contributed by atoms with van der Waals surface area (Å²) in [5.41, 5.74) is 4.58. The standard InChI is InChI=1S/C16H27N3/c1-13-12-15(14(2)19(13)16-5-6-16)4-3-9-18-10-7-17-8-11-18/h12,16-17H,3-11H2,1-2H3. The summed E-state index contributed by atoms with van der Waals surface area (Å²) >= 11 is 0. The van der Waals surface area contributed by atoms with Crippen LogP contribution in [0.1, 0.15) is 42.3 Å². The Hall–Kier alpha value is -0.800. The number of nitrogens with zero attached hydrogens (tertiary/aromatic N) is 2. The van der Waals surface area contributed by atoms with Crippen molar-refractivity contribution in [3.8, 4) is 0 Å². The molecule has 19 heavy (non-hydrogen) atoms. The summed E-state index contributed by atoms with van der Waals surface area (Å²) in [4.78, 5) is 2.59. The van der Waals surface area contributed by atoms with Gasteiger partial charge in [-0.15, -0.1) is 0 Å². The van der Waals surface area contributed by atoms with Gasteiger partial charge in [-0.25, -0.2) is 0 Å². The van der Waals surface area contributed by atoms with Crippen LogP contribution in [0.25, 0.3) is 0 Å².